The third-order valence-electron chi connectivity index (χ3n) is 6.94. The molecule has 1 fully saturated rings. The first-order valence-corrected chi connectivity index (χ1v) is 13.1. The van der Waals surface area contributed by atoms with Crippen molar-refractivity contribution in [2.45, 2.75) is 58.0 Å². The fraction of sp³-hybridized carbons (Fsp3) is 0.448. The van der Waals surface area contributed by atoms with Crippen molar-refractivity contribution >= 4 is 22.7 Å². The van der Waals surface area contributed by atoms with E-state index >= 15 is 0 Å². The average Bonchev–Trinajstić information content (AvgIpc) is 3.31. The molecule has 7 heteroatoms. The van der Waals surface area contributed by atoms with Gasteiger partial charge < -0.3 is 25.5 Å². The summed E-state index contributed by atoms with van der Waals surface area (Å²) in [7, 11) is 0. The summed E-state index contributed by atoms with van der Waals surface area (Å²) in [4.78, 5) is 19.7. The summed E-state index contributed by atoms with van der Waals surface area (Å²) in [5.74, 6) is 1.41. The molecule has 3 aromatic rings. The smallest absolute Gasteiger partial charge is 0.326 e. The van der Waals surface area contributed by atoms with Gasteiger partial charge in [-0.25, -0.2) is 4.79 Å². The van der Waals surface area contributed by atoms with E-state index in [1.165, 1.54) is 25.7 Å². The number of ether oxygens (including phenoxy) is 1. The van der Waals surface area contributed by atoms with Gasteiger partial charge in [0.25, 0.3) is 0 Å². The Balaban J connectivity index is 1.22. The number of unbranched alkanes of at least 4 members (excludes halogenated alkanes) is 1. The van der Waals surface area contributed by atoms with E-state index in [2.05, 4.69) is 26.7 Å². The quantitative estimate of drug-likeness (QED) is 0.164. The van der Waals surface area contributed by atoms with Crippen LogP contribution in [-0.2, 0) is 17.8 Å². The van der Waals surface area contributed by atoms with Crippen LogP contribution in [0.5, 0.6) is 5.75 Å². The minimum Gasteiger partial charge on any atom is -0.494 e. The molecule has 0 bridgehead atoms. The molecule has 0 spiro atoms. The zero-order chi connectivity index (χ0) is 25.2. The van der Waals surface area contributed by atoms with Crippen LogP contribution < -0.4 is 15.4 Å². The van der Waals surface area contributed by atoms with Crippen molar-refractivity contribution in [2.24, 2.45) is 10.9 Å². The highest BCUT2D eigenvalue weighted by Crippen LogP contribution is 2.20. The third-order valence-corrected chi connectivity index (χ3v) is 6.94. The summed E-state index contributed by atoms with van der Waals surface area (Å²) in [6.45, 7) is 5.33. The Labute approximate surface area is 213 Å². The molecule has 1 atom stereocenters. The first-order chi connectivity index (χ1) is 17.6. The minimum atomic E-state index is -0.897. The van der Waals surface area contributed by atoms with E-state index in [4.69, 9.17) is 4.74 Å². The SMILES string of the molecule is CC(=NCc1c[nH]c2ccccc12)NC(Cc1ccc(OCCCCC2CCNCC2)cc1)C(=O)O. The molecule has 0 aliphatic carbocycles. The van der Waals surface area contributed by atoms with Crippen molar-refractivity contribution in [1.29, 1.82) is 0 Å². The number of aromatic nitrogens is 1. The molecule has 0 radical (unpaired) electrons. The van der Waals surface area contributed by atoms with Gasteiger partial charge in [0.2, 0.25) is 0 Å². The molecule has 36 heavy (non-hydrogen) atoms. The van der Waals surface area contributed by atoms with Crippen molar-refractivity contribution in [3.05, 3.63) is 65.9 Å². The standard InChI is InChI=1S/C29H38N4O3/c1-21(31-19-24-20-32-27-8-3-2-7-26(24)27)33-28(29(34)35)18-23-9-11-25(12-10-23)36-17-5-4-6-22-13-15-30-16-14-22/h2-3,7-12,20,22,28,30,32H,4-6,13-19H2,1H3,(H,31,33)(H,34,35). The number of rotatable bonds is 12. The number of benzene rings is 2. The van der Waals surface area contributed by atoms with E-state index in [0.29, 0.717) is 18.8 Å². The number of para-hydroxylation sites is 1. The van der Waals surface area contributed by atoms with E-state index < -0.39 is 12.0 Å². The largest absolute Gasteiger partial charge is 0.494 e. The number of H-pyrrole nitrogens is 1. The predicted octanol–water partition coefficient (Wildman–Crippen LogP) is 4.92. The number of aromatic amines is 1. The minimum absolute atomic E-state index is 0.367. The van der Waals surface area contributed by atoms with E-state index in [1.807, 2.05) is 55.6 Å². The molecule has 4 rings (SSSR count). The van der Waals surface area contributed by atoms with Gasteiger partial charge >= 0.3 is 5.97 Å². The van der Waals surface area contributed by atoms with Crippen molar-refractivity contribution in [1.82, 2.24) is 15.6 Å². The number of nitrogens with one attached hydrogen (secondary N) is 3. The number of carbonyl (C=O) groups is 1. The van der Waals surface area contributed by atoms with Crippen LogP contribution in [0.2, 0.25) is 0 Å². The second-order valence-electron chi connectivity index (χ2n) is 9.68. The van der Waals surface area contributed by atoms with E-state index in [-0.39, 0.29) is 0 Å². The van der Waals surface area contributed by atoms with Gasteiger partial charge in [-0.1, -0.05) is 36.8 Å². The molecule has 7 nitrogen and oxygen atoms in total. The monoisotopic (exact) mass is 490 g/mol. The van der Waals surface area contributed by atoms with Crippen LogP contribution in [0.15, 0.2) is 59.7 Å². The number of hydrogen-bond donors (Lipinski definition) is 4. The Morgan fingerprint density at radius 3 is 2.69 bits per heavy atom. The van der Waals surface area contributed by atoms with Gasteiger partial charge in [0.1, 0.15) is 11.8 Å². The lowest BCUT2D eigenvalue weighted by Gasteiger charge is -2.22. The Bertz CT molecular complexity index is 1130. The van der Waals surface area contributed by atoms with Gasteiger partial charge in [-0.15, -0.1) is 0 Å². The Morgan fingerprint density at radius 2 is 1.92 bits per heavy atom. The van der Waals surface area contributed by atoms with Crippen LogP contribution in [0.1, 0.15) is 50.2 Å². The maximum Gasteiger partial charge on any atom is 0.326 e. The summed E-state index contributed by atoms with van der Waals surface area (Å²) >= 11 is 0. The molecule has 2 heterocycles. The van der Waals surface area contributed by atoms with Crippen LogP contribution in [0, 0.1) is 5.92 Å². The van der Waals surface area contributed by atoms with E-state index in [9.17, 15) is 9.90 Å². The Hall–Kier alpha value is -3.32. The lowest BCUT2D eigenvalue weighted by atomic mass is 9.93. The summed E-state index contributed by atoms with van der Waals surface area (Å²) in [6.07, 6.45) is 8.47. The number of aliphatic carboxylic acids is 1. The van der Waals surface area contributed by atoms with Crippen molar-refractivity contribution in [2.75, 3.05) is 19.7 Å². The molecule has 0 amide bonds. The zero-order valence-electron chi connectivity index (χ0n) is 21.1. The molecule has 1 unspecified atom stereocenters. The molecule has 4 N–H and O–H groups in total. The van der Waals surface area contributed by atoms with Crippen LogP contribution >= 0.6 is 0 Å². The predicted molar refractivity (Wildman–Crippen MR) is 145 cm³/mol. The third kappa shape index (κ3) is 7.59. The maximum atomic E-state index is 11.9. The van der Waals surface area contributed by atoms with Gasteiger partial charge in [-0.3, -0.25) is 4.99 Å². The van der Waals surface area contributed by atoms with E-state index in [0.717, 1.165) is 59.8 Å². The van der Waals surface area contributed by atoms with E-state index in [1.54, 1.807) is 0 Å². The highest BCUT2D eigenvalue weighted by atomic mass is 16.5. The number of amidine groups is 1. The fourth-order valence-corrected chi connectivity index (χ4v) is 4.82. The number of carboxylic acids is 1. The topological polar surface area (TPSA) is 98.7 Å². The van der Waals surface area contributed by atoms with Crippen molar-refractivity contribution < 1.29 is 14.6 Å². The fourth-order valence-electron chi connectivity index (χ4n) is 4.82. The zero-order valence-corrected chi connectivity index (χ0v) is 21.1. The normalized spacial score (nSPS) is 15.6. The summed E-state index contributed by atoms with van der Waals surface area (Å²) in [6, 6.07) is 15.1. The molecule has 1 aromatic heterocycles. The number of nitrogens with zero attached hydrogens (tertiary/aromatic N) is 1. The lowest BCUT2D eigenvalue weighted by Crippen LogP contribution is -2.41. The van der Waals surface area contributed by atoms with Crippen molar-refractivity contribution in [3.8, 4) is 5.75 Å². The van der Waals surface area contributed by atoms with Gasteiger partial charge in [-0.05, 0) is 80.9 Å². The summed E-state index contributed by atoms with van der Waals surface area (Å²) in [5.41, 5.74) is 3.10. The van der Waals surface area contributed by atoms with Gasteiger partial charge in [0, 0.05) is 23.5 Å². The maximum absolute atomic E-state index is 11.9. The Morgan fingerprint density at radius 1 is 1.14 bits per heavy atom. The number of carboxylic acid groups (broad SMARTS) is 1. The second-order valence-corrected chi connectivity index (χ2v) is 9.68. The highest BCUT2D eigenvalue weighted by molar-refractivity contribution is 5.86. The van der Waals surface area contributed by atoms with Crippen LogP contribution in [-0.4, -0.2) is 47.6 Å². The molecular formula is C29H38N4O3. The molecule has 0 saturated carbocycles. The summed E-state index contributed by atoms with van der Waals surface area (Å²) < 4.78 is 5.90. The second kappa shape index (κ2) is 13.1. The van der Waals surface area contributed by atoms with Crippen LogP contribution in [0.25, 0.3) is 10.9 Å². The average molecular weight is 491 g/mol. The van der Waals surface area contributed by atoms with Gasteiger partial charge in [0.15, 0.2) is 0 Å². The first kappa shape index (κ1) is 25.8. The highest BCUT2D eigenvalue weighted by Gasteiger charge is 2.18. The van der Waals surface area contributed by atoms with Crippen molar-refractivity contribution in [3.63, 3.8) is 0 Å². The lowest BCUT2D eigenvalue weighted by molar-refractivity contribution is -0.139. The first-order valence-electron chi connectivity index (χ1n) is 13.1. The molecule has 1 aliphatic rings. The van der Waals surface area contributed by atoms with Gasteiger partial charge in [0.05, 0.1) is 19.0 Å². The van der Waals surface area contributed by atoms with Crippen LogP contribution in [0.3, 0.4) is 0 Å². The van der Waals surface area contributed by atoms with Gasteiger partial charge in [-0.2, -0.15) is 0 Å². The number of piperidine rings is 1. The van der Waals surface area contributed by atoms with Crippen LogP contribution in [0.4, 0.5) is 0 Å². The molecule has 1 saturated heterocycles. The molecule has 1 aliphatic heterocycles. The number of hydrogen-bond acceptors (Lipinski definition) is 4. The summed E-state index contributed by atoms with van der Waals surface area (Å²) in [5, 5.41) is 17.4. The number of fused-ring (bicyclic) bond motifs is 1. The number of aliphatic imine (C=N–C) groups is 1. The Kier molecular flexibility index (Phi) is 9.39. The molecule has 2 aromatic carbocycles. The molecule has 192 valence electrons. The molecular weight excluding hydrogens is 452 g/mol.